The third kappa shape index (κ3) is 3.67. The lowest BCUT2D eigenvalue weighted by molar-refractivity contribution is -0.137. The van der Waals surface area contributed by atoms with Crippen molar-refractivity contribution >= 4 is 35.2 Å². The number of ether oxygens (including phenoxy) is 1. The quantitative estimate of drug-likeness (QED) is 0.347. The summed E-state index contributed by atoms with van der Waals surface area (Å²) >= 11 is 12.5. The summed E-state index contributed by atoms with van der Waals surface area (Å²) in [6, 6.07) is 8.88. The summed E-state index contributed by atoms with van der Waals surface area (Å²) < 4.78 is 6.32. The van der Waals surface area contributed by atoms with E-state index in [-0.39, 0.29) is 17.3 Å². The predicted octanol–water partition coefficient (Wildman–Crippen LogP) is 4.12. The maximum absolute atomic E-state index is 11.8. The third-order valence-electron chi connectivity index (χ3n) is 3.09. The van der Waals surface area contributed by atoms with E-state index in [2.05, 4.69) is 11.7 Å². The normalized spacial score (nSPS) is 11.0. The largest absolute Gasteiger partial charge is 0.457 e. The molecule has 0 atom stereocenters. The standard InChI is InChI=1S/C17H13Cl2N3O2/c1-3-8-24-17(23)12(10-20)9-13-11(2)21-22(16(13)19)15-7-5-4-6-14(15)18/h3-7,9H,1,8H2,2H3/b12-9+. The number of esters is 1. The molecule has 7 heteroatoms. The first-order chi connectivity index (χ1) is 11.5. The maximum atomic E-state index is 11.8. The Balaban J connectivity index is 2.47. The van der Waals surface area contributed by atoms with Gasteiger partial charge >= 0.3 is 5.97 Å². The van der Waals surface area contributed by atoms with Gasteiger partial charge in [0.25, 0.3) is 0 Å². The fourth-order valence-electron chi connectivity index (χ4n) is 1.95. The number of nitriles is 1. The van der Waals surface area contributed by atoms with Gasteiger partial charge in [0.05, 0.1) is 16.4 Å². The van der Waals surface area contributed by atoms with E-state index in [9.17, 15) is 10.1 Å². The highest BCUT2D eigenvalue weighted by Gasteiger charge is 2.18. The predicted molar refractivity (Wildman–Crippen MR) is 93.1 cm³/mol. The highest BCUT2D eigenvalue weighted by atomic mass is 35.5. The molecule has 0 saturated carbocycles. The first-order valence-corrected chi connectivity index (χ1v) is 7.65. The molecule has 122 valence electrons. The Labute approximate surface area is 149 Å². The smallest absolute Gasteiger partial charge is 0.349 e. The van der Waals surface area contributed by atoms with E-state index < -0.39 is 5.97 Å². The van der Waals surface area contributed by atoms with Crippen LogP contribution in [0.25, 0.3) is 11.8 Å². The molecule has 5 nitrogen and oxygen atoms in total. The average molecular weight is 362 g/mol. The topological polar surface area (TPSA) is 67.9 Å². The number of hydrogen-bond acceptors (Lipinski definition) is 4. The molecule has 1 aromatic heterocycles. The van der Waals surface area contributed by atoms with E-state index >= 15 is 0 Å². The van der Waals surface area contributed by atoms with Crippen molar-refractivity contribution in [1.29, 1.82) is 5.26 Å². The van der Waals surface area contributed by atoms with Crippen LogP contribution in [0.2, 0.25) is 10.2 Å². The van der Waals surface area contributed by atoms with Crippen LogP contribution in [0.1, 0.15) is 11.3 Å². The molecule has 0 saturated heterocycles. The van der Waals surface area contributed by atoms with Crippen molar-refractivity contribution in [2.24, 2.45) is 0 Å². The Morgan fingerprint density at radius 1 is 1.46 bits per heavy atom. The highest BCUT2D eigenvalue weighted by molar-refractivity contribution is 6.33. The van der Waals surface area contributed by atoms with Gasteiger partial charge in [0.1, 0.15) is 23.4 Å². The van der Waals surface area contributed by atoms with Crippen molar-refractivity contribution in [2.45, 2.75) is 6.92 Å². The van der Waals surface area contributed by atoms with Crippen LogP contribution in [0.3, 0.4) is 0 Å². The van der Waals surface area contributed by atoms with Crippen molar-refractivity contribution in [3.63, 3.8) is 0 Å². The van der Waals surface area contributed by atoms with Gasteiger partial charge < -0.3 is 4.74 Å². The van der Waals surface area contributed by atoms with Crippen LogP contribution in [-0.2, 0) is 9.53 Å². The molecule has 0 fully saturated rings. The van der Waals surface area contributed by atoms with Crippen molar-refractivity contribution in [1.82, 2.24) is 9.78 Å². The minimum Gasteiger partial charge on any atom is -0.457 e. The Morgan fingerprint density at radius 2 is 2.17 bits per heavy atom. The molecular formula is C17H13Cl2N3O2. The molecule has 0 unspecified atom stereocenters. The van der Waals surface area contributed by atoms with Crippen LogP contribution in [0.5, 0.6) is 0 Å². The SMILES string of the molecule is C=CCOC(=O)/C(C#N)=C/c1c(C)nn(-c2ccccc2Cl)c1Cl. The van der Waals surface area contributed by atoms with Crippen molar-refractivity contribution in [2.75, 3.05) is 6.61 Å². The van der Waals surface area contributed by atoms with E-state index in [4.69, 9.17) is 27.9 Å². The summed E-state index contributed by atoms with van der Waals surface area (Å²) in [5.41, 5.74) is 1.41. The number of rotatable bonds is 5. The molecule has 1 heterocycles. The molecule has 24 heavy (non-hydrogen) atoms. The summed E-state index contributed by atoms with van der Waals surface area (Å²) in [5, 5.41) is 14.2. The summed E-state index contributed by atoms with van der Waals surface area (Å²) in [4.78, 5) is 11.8. The van der Waals surface area contributed by atoms with Crippen molar-refractivity contribution in [3.8, 4) is 11.8 Å². The molecule has 0 aliphatic carbocycles. The number of halogens is 2. The molecule has 0 aliphatic rings. The zero-order chi connectivity index (χ0) is 17.7. The van der Waals surface area contributed by atoms with Gasteiger partial charge in [0.15, 0.2) is 0 Å². The number of para-hydroxylation sites is 1. The van der Waals surface area contributed by atoms with Crippen LogP contribution in [0, 0.1) is 18.3 Å². The second kappa shape index (κ2) is 7.82. The zero-order valence-electron chi connectivity index (χ0n) is 12.8. The molecule has 0 spiro atoms. The third-order valence-corrected chi connectivity index (χ3v) is 3.77. The van der Waals surface area contributed by atoms with Crippen LogP contribution in [-0.4, -0.2) is 22.4 Å². The van der Waals surface area contributed by atoms with Gasteiger partial charge in [0.2, 0.25) is 0 Å². The summed E-state index contributed by atoms with van der Waals surface area (Å²) in [6.07, 6.45) is 2.77. The van der Waals surface area contributed by atoms with Gasteiger partial charge in [-0.25, -0.2) is 9.48 Å². The van der Waals surface area contributed by atoms with E-state index in [0.29, 0.717) is 22.0 Å². The number of nitrogens with zero attached hydrogens (tertiary/aromatic N) is 3. The lowest BCUT2D eigenvalue weighted by atomic mass is 10.1. The van der Waals surface area contributed by atoms with Crippen LogP contribution in [0.4, 0.5) is 0 Å². The van der Waals surface area contributed by atoms with Crippen molar-refractivity contribution < 1.29 is 9.53 Å². The fraction of sp³-hybridized carbons (Fsp3) is 0.118. The molecule has 0 amide bonds. The van der Waals surface area contributed by atoms with Gasteiger partial charge in [-0.1, -0.05) is 48.0 Å². The zero-order valence-corrected chi connectivity index (χ0v) is 14.3. The molecule has 0 radical (unpaired) electrons. The first kappa shape index (κ1) is 17.8. The van der Waals surface area contributed by atoms with E-state index in [1.165, 1.54) is 16.8 Å². The van der Waals surface area contributed by atoms with E-state index in [0.717, 1.165) is 0 Å². The lowest BCUT2D eigenvalue weighted by Crippen LogP contribution is -2.06. The Hall–Kier alpha value is -2.55. The molecule has 2 rings (SSSR count). The maximum Gasteiger partial charge on any atom is 0.349 e. The molecule has 2 aromatic rings. The van der Waals surface area contributed by atoms with Gasteiger partial charge in [-0.15, -0.1) is 0 Å². The average Bonchev–Trinajstić information content (AvgIpc) is 2.85. The first-order valence-electron chi connectivity index (χ1n) is 6.89. The monoisotopic (exact) mass is 361 g/mol. The second-order valence-electron chi connectivity index (χ2n) is 4.71. The second-order valence-corrected chi connectivity index (χ2v) is 5.48. The van der Waals surface area contributed by atoms with Gasteiger partial charge in [-0.2, -0.15) is 10.4 Å². The minimum absolute atomic E-state index is 0.0173. The molecule has 0 aliphatic heterocycles. The van der Waals surface area contributed by atoms with E-state index in [1.54, 1.807) is 37.3 Å². The van der Waals surface area contributed by atoms with Crippen LogP contribution in [0.15, 0.2) is 42.5 Å². The minimum atomic E-state index is -0.752. The number of hydrogen-bond donors (Lipinski definition) is 0. The van der Waals surface area contributed by atoms with Gasteiger partial charge in [0, 0.05) is 5.56 Å². The van der Waals surface area contributed by atoms with Crippen molar-refractivity contribution in [3.05, 3.63) is 63.9 Å². The number of benzene rings is 1. The number of carbonyl (C=O) groups is 1. The number of aryl methyl sites for hydroxylation is 1. The fourth-order valence-corrected chi connectivity index (χ4v) is 2.49. The van der Waals surface area contributed by atoms with Gasteiger partial charge in [-0.05, 0) is 25.1 Å². The summed E-state index contributed by atoms with van der Waals surface area (Å²) in [6.45, 7) is 5.18. The van der Waals surface area contributed by atoms with Crippen LogP contribution < -0.4 is 0 Å². The molecule has 0 N–H and O–H groups in total. The molecule has 0 bridgehead atoms. The lowest BCUT2D eigenvalue weighted by Gasteiger charge is -2.05. The summed E-state index contributed by atoms with van der Waals surface area (Å²) in [7, 11) is 0. The van der Waals surface area contributed by atoms with Crippen LogP contribution >= 0.6 is 23.2 Å². The highest BCUT2D eigenvalue weighted by Crippen LogP contribution is 2.29. The number of carbonyl (C=O) groups excluding carboxylic acids is 1. The Kier molecular flexibility index (Phi) is 5.80. The Morgan fingerprint density at radius 3 is 2.79 bits per heavy atom. The number of aromatic nitrogens is 2. The Bertz CT molecular complexity index is 863. The van der Waals surface area contributed by atoms with Gasteiger partial charge in [-0.3, -0.25) is 0 Å². The molecule has 1 aromatic carbocycles. The summed E-state index contributed by atoms with van der Waals surface area (Å²) in [5.74, 6) is -0.752. The molecular weight excluding hydrogens is 349 g/mol. The van der Waals surface area contributed by atoms with E-state index in [1.807, 2.05) is 0 Å².